The Morgan fingerprint density at radius 2 is 1.76 bits per heavy atom. The first-order chi connectivity index (χ1) is 12.2. The van der Waals surface area contributed by atoms with Gasteiger partial charge in [0.1, 0.15) is 12.4 Å². The van der Waals surface area contributed by atoms with E-state index in [0.29, 0.717) is 13.2 Å². The van der Waals surface area contributed by atoms with E-state index in [1.165, 1.54) is 5.56 Å². The van der Waals surface area contributed by atoms with Gasteiger partial charge in [0.05, 0.1) is 6.61 Å². The van der Waals surface area contributed by atoms with Crippen molar-refractivity contribution in [2.75, 3.05) is 25.6 Å². The van der Waals surface area contributed by atoms with E-state index in [0.717, 1.165) is 24.3 Å². The Kier molecular flexibility index (Phi) is 7.79. The molecular formula is C20H26N2O3. The third-order valence-electron chi connectivity index (χ3n) is 3.75. The number of amides is 2. The molecule has 25 heavy (non-hydrogen) atoms. The number of aryl methyl sites for hydroxylation is 1. The molecule has 5 nitrogen and oxygen atoms in total. The number of methoxy groups -OCH3 is 1. The number of urea groups is 1. The molecule has 2 aromatic rings. The molecule has 1 atom stereocenters. The maximum atomic E-state index is 12.1. The topological polar surface area (TPSA) is 59.6 Å². The van der Waals surface area contributed by atoms with E-state index in [1.807, 2.05) is 49.4 Å². The number of rotatable bonds is 9. The summed E-state index contributed by atoms with van der Waals surface area (Å²) in [6.07, 6.45) is 1.83. The average molecular weight is 342 g/mol. The summed E-state index contributed by atoms with van der Waals surface area (Å²) < 4.78 is 10.4. The van der Waals surface area contributed by atoms with Crippen LogP contribution in [0.15, 0.2) is 54.6 Å². The lowest BCUT2D eigenvalue weighted by molar-refractivity contribution is 0.146. The van der Waals surface area contributed by atoms with Crippen molar-refractivity contribution < 1.29 is 14.3 Å². The number of benzene rings is 2. The van der Waals surface area contributed by atoms with Crippen molar-refractivity contribution in [1.82, 2.24) is 5.32 Å². The van der Waals surface area contributed by atoms with Crippen LogP contribution in [0.1, 0.15) is 18.9 Å². The highest BCUT2D eigenvalue weighted by atomic mass is 16.5. The van der Waals surface area contributed by atoms with E-state index < -0.39 is 0 Å². The molecule has 1 unspecified atom stereocenters. The first-order valence-electron chi connectivity index (χ1n) is 8.50. The molecule has 0 aliphatic rings. The molecule has 0 radical (unpaired) electrons. The average Bonchev–Trinajstić information content (AvgIpc) is 2.62. The minimum atomic E-state index is -0.200. The second-order valence-corrected chi connectivity index (χ2v) is 5.89. The predicted octanol–water partition coefficient (Wildman–Crippen LogP) is 3.85. The van der Waals surface area contributed by atoms with Crippen LogP contribution in [-0.4, -0.2) is 32.4 Å². The van der Waals surface area contributed by atoms with Crippen molar-refractivity contribution in [3.05, 3.63) is 60.2 Å². The molecule has 0 fully saturated rings. The number of hydrogen-bond donors (Lipinski definition) is 2. The van der Waals surface area contributed by atoms with E-state index in [4.69, 9.17) is 9.47 Å². The minimum Gasteiger partial charge on any atom is -0.491 e. The molecule has 0 saturated heterocycles. The molecule has 2 aromatic carbocycles. The molecular weight excluding hydrogens is 316 g/mol. The summed E-state index contributed by atoms with van der Waals surface area (Å²) in [6, 6.07) is 17.4. The summed E-state index contributed by atoms with van der Waals surface area (Å²) in [5.74, 6) is 0.749. The summed E-state index contributed by atoms with van der Waals surface area (Å²) in [7, 11) is 1.63. The number of ether oxygens (including phenoxy) is 2. The standard InChI is InChI=1S/C20H26N2O3/c1-16(8-9-17-6-4-3-5-7-17)21-20(23)22-18-10-12-19(13-11-18)25-15-14-24-2/h3-7,10-13,16H,8-9,14-15H2,1-2H3,(H2,21,22,23). The van der Waals surface area contributed by atoms with E-state index in [1.54, 1.807) is 7.11 Å². The SMILES string of the molecule is COCCOc1ccc(NC(=O)NC(C)CCc2ccccc2)cc1. The summed E-state index contributed by atoms with van der Waals surface area (Å²) >= 11 is 0. The third-order valence-corrected chi connectivity index (χ3v) is 3.75. The molecule has 0 saturated carbocycles. The van der Waals surface area contributed by atoms with Gasteiger partial charge in [0.25, 0.3) is 0 Å². The van der Waals surface area contributed by atoms with E-state index >= 15 is 0 Å². The molecule has 0 heterocycles. The zero-order valence-electron chi connectivity index (χ0n) is 14.8. The second-order valence-electron chi connectivity index (χ2n) is 5.89. The van der Waals surface area contributed by atoms with Gasteiger partial charge >= 0.3 is 6.03 Å². The van der Waals surface area contributed by atoms with E-state index in [2.05, 4.69) is 22.8 Å². The Morgan fingerprint density at radius 1 is 1.04 bits per heavy atom. The van der Waals surface area contributed by atoms with Gasteiger partial charge in [-0.3, -0.25) is 0 Å². The first kappa shape index (κ1) is 18.8. The number of hydrogen-bond acceptors (Lipinski definition) is 3. The normalized spacial score (nSPS) is 11.6. The van der Waals surface area contributed by atoms with Crippen molar-refractivity contribution in [2.45, 2.75) is 25.8 Å². The summed E-state index contributed by atoms with van der Waals surface area (Å²) in [4.78, 5) is 12.1. The van der Waals surface area contributed by atoms with Crippen LogP contribution < -0.4 is 15.4 Å². The maximum Gasteiger partial charge on any atom is 0.319 e. The van der Waals surface area contributed by atoms with E-state index in [-0.39, 0.29) is 12.1 Å². The zero-order chi connectivity index (χ0) is 17.9. The highest BCUT2D eigenvalue weighted by molar-refractivity contribution is 5.89. The third kappa shape index (κ3) is 7.27. The molecule has 2 amide bonds. The van der Waals surface area contributed by atoms with Crippen LogP contribution in [0.5, 0.6) is 5.75 Å². The van der Waals surface area contributed by atoms with Gasteiger partial charge in [0.15, 0.2) is 0 Å². The first-order valence-corrected chi connectivity index (χ1v) is 8.50. The predicted molar refractivity (Wildman–Crippen MR) is 100 cm³/mol. The molecule has 0 aliphatic heterocycles. The molecule has 0 bridgehead atoms. The Bertz CT molecular complexity index is 629. The Balaban J connectivity index is 1.71. The largest absolute Gasteiger partial charge is 0.491 e. The van der Waals surface area contributed by atoms with Crippen molar-refractivity contribution in [3.63, 3.8) is 0 Å². The molecule has 0 spiro atoms. The number of nitrogens with one attached hydrogen (secondary N) is 2. The molecule has 134 valence electrons. The van der Waals surface area contributed by atoms with Crippen molar-refractivity contribution in [3.8, 4) is 5.75 Å². The lowest BCUT2D eigenvalue weighted by Crippen LogP contribution is -2.36. The van der Waals surface area contributed by atoms with Crippen LogP contribution in [0.2, 0.25) is 0 Å². The smallest absolute Gasteiger partial charge is 0.319 e. The Morgan fingerprint density at radius 3 is 2.44 bits per heavy atom. The highest BCUT2D eigenvalue weighted by Crippen LogP contribution is 2.15. The summed E-state index contributed by atoms with van der Waals surface area (Å²) in [5, 5.41) is 5.79. The van der Waals surface area contributed by atoms with Gasteiger partial charge in [-0.2, -0.15) is 0 Å². The lowest BCUT2D eigenvalue weighted by Gasteiger charge is -2.15. The van der Waals surface area contributed by atoms with Gasteiger partial charge in [-0.25, -0.2) is 4.79 Å². The summed E-state index contributed by atoms with van der Waals surface area (Å²) in [6.45, 7) is 3.06. The van der Waals surface area contributed by atoms with Gasteiger partial charge in [-0.15, -0.1) is 0 Å². The van der Waals surface area contributed by atoms with Crippen LogP contribution in [0, 0.1) is 0 Å². The van der Waals surface area contributed by atoms with Crippen LogP contribution in [0.4, 0.5) is 10.5 Å². The van der Waals surface area contributed by atoms with Crippen molar-refractivity contribution in [1.29, 1.82) is 0 Å². The molecule has 2 N–H and O–H groups in total. The molecule has 2 rings (SSSR count). The fourth-order valence-electron chi connectivity index (χ4n) is 2.37. The van der Waals surface area contributed by atoms with Gasteiger partial charge in [0, 0.05) is 18.8 Å². The van der Waals surface area contributed by atoms with Crippen LogP contribution in [0.3, 0.4) is 0 Å². The van der Waals surface area contributed by atoms with E-state index in [9.17, 15) is 4.79 Å². The van der Waals surface area contributed by atoms with Gasteiger partial charge in [0.2, 0.25) is 0 Å². The lowest BCUT2D eigenvalue weighted by atomic mass is 10.1. The van der Waals surface area contributed by atoms with Crippen molar-refractivity contribution >= 4 is 11.7 Å². The van der Waals surface area contributed by atoms with Crippen LogP contribution in [0.25, 0.3) is 0 Å². The molecule has 5 heteroatoms. The Labute approximate surface area is 149 Å². The number of carbonyl (C=O) groups excluding carboxylic acids is 1. The fourth-order valence-corrected chi connectivity index (χ4v) is 2.37. The maximum absolute atomic E-state index is 12.1. The van der Waals surface area contributed by atoms with Crippen LogP contribution in [-0.2, 0) is 11.2 Å². The second kappa shape index (κ2) is 10.4. The number of anilines is 1. The minimum absolute atomic E-state index is 0.0943. The molecule has 0 aromatic heterocycles. The number of carbonyl (C=O) groups is 1. The van der Waals surface area contributed by atoms with Crippen LogP contribution >= 0.6 is 0 Å². The zero-order valence-corrected chi connectivity index (χ0v) is 14.8. The van der Waals surface area contributed by atoms with Gasteiger partial charge in [-0.05, 0) is 49.6 Å². The van der Waals surface area contributed by atoms with Gasteiger partial charge < -0.3 is 20.1 Å². The van der Waals surface area contributed by atoms with Gasteiger partial charge in [-0.1, -0.05) is 30.3 Å². The molecule has 0 aliphatic carbocycles. The highest BCUT2D eigenvalue weighted by Gasteiger charge is 2.08. The summed E-state index contributed by atoms with van der Waals surface area (Å²) in [5.41, 5.74) is 2.01. The Hall–Kier alpha value is -2.53. The quantitative estimate of drug-likeness (QED) is 0.681. The fraction of sp³-hybridized carbons (Fsp3) is 0.350. The monoisotopic (exact) mass is 342 g/mol. The van der Waals surface area contributed by atoms with Crippen molar-refractivity contribution in [2.24, 2.45) is 0 Å².